The van der Waals surface area contributed by atoms with Gasteiger partial charge in [-0.15, -0.1) is 0 Å². The monoisotopic (exact) mass is 269 g/mol. The van der Waals surface area contributed by atoms with Crippen LogP contribution in [0.15, 0.2) is 23.2 Å². The lowest BCUT2D eigenvalue weighted by molar-refractivity contribution is 0.395. The van der Waals surface area contributed by atoms with Crippen LogP contribution in [0.4, 0.5) is 5.82 Å². The van der Waals surface area contributed by atoms with E-state index in [2.05, 4.69) is 11.9 Å². The van der Waals surface area contributed by atoms with Crippen molar-refractivity contribution in [3.63, 3.8) is 0 Å². The van der Waals surface area contributed by atoms with Crippen LogP contribution in [0.2, 0.25) is 0 Å². The Morgan fingerprint density at radius 2 is 2.17 bits per heavy atom. The standard InChI is InChI=1S/C12H19N3O2S/c1-2-3-8-15(10-4-5-10)18(16,17)11-6-7-12(13)14-9-11/h6-7,9-10H,2-5,8H2,1H3,(H2,13,14). The summed E-state index contributed by atoms with van der Waals surface area (Å²) in [6.45, 7) is 2.65. The number of rotatable bonds is 6. The highest BCUT2D eigenvalue weighted by molar-refractivity contribution is 7.89. The molecule has 18 heavy (non-hydrogen) atoms. The number of nitrogen functional groups attached to an aromatic ring is 1. The minimum atomic E-state index is -3.41. The zero-order valence-corrected chi connectivity index (χ0v) is 11.4. The largest absolute Gasteiger partial charge is 0.384 e. The maximum atomic E-state index is 12.5. The van der Waals surface area contributed by atoms with Gasteiger partial charge in [-0.2, -0.15) is 4.31 Å². The molecule has 0 amide bonds. The first kappa shape index (κ1) is 13.3. The Balaban J connectivity index is 2.24. The predicted molar refractivity (Wildman–Crippen MR) is 70.5 cm³/mol. The zero-order valence-electron chi connectivity index (χ0n) is 10.5. The summed E-state index contributed by atoms with van der Waals surface area (Å²) in [7, 11) is -3.41. The van der Waals surface area contributed by atoms with Gasteiger partial charge in [-0.05, 0) is 31.4 Å². The number of anilines is 1. The smallest absolute Gasteiger partial charge is 0.244 e. The van der Waals surface area contributed by atoms with Crippen LogP contribution in [0.1, 0.15) is 32.6 Å². The van der Waals surface area contributed by atoms with Crippen molar-refractivity contribution in [2.24, 2.45) is 0 Å². The molecule has 1 aliphatic rings. The molecule has 0 radical (unpaired) electrons. The number of unbranched alkanes of at least 4 members (excludes halogenated alkanes) is 1. The lowest BCUT2D eigenvalue weighted by atomic mass is 10.3. The molecule has 1 heterocycles. The molecule has 0 bridgehead atoms. The third kappa shape index (κ3) is 2.81. The average molecular weight is 269 g/mol. The second-order valence-electron chi connectivity index (χ2n) is 4.62. The lowest BCUT2D eigenvalue weighted by Crippen LogP contribution is -2.34. The fourth-order valence-corrected chi connectivity index (χ4v) is 3.52. The molecule has 0 unspecified atom stereocenters. The molecule has 0 aromatic carbocycles. The second kappa shape index (κ2) is 5.24. The number of hydrogen-bond acceptors (Lipinski definition) is 4. The first-order chi connectivity index (χ1) is 8.55. The SMILES string of the molecule is CCCCN(C1CC1)S(=O)(=O)c1ccc(N)nc1. The molecule has 0 saturated heterocycles. The minimum Gasteiger partial charge on any atom is -0.384 e. The van der Waals surface area contributed by atoms with E-state index in [1.54, 1.807) is 4.31 Å². The molecule has 0 spiro atoms. The highest BCUT2D eigenvalue weighted by atomic mass is 32.2. The van der Waals surface area contributed by atoms with Crippen molar-refractivity contribution < 1.29 is 8.42 Å². The van der Waals surface area contributed by atoms with E-state index >= 15 is 0 Å². The molecule has 6 heteroatoms. The summed E-state index contributed by atoms with van der Waals surface area (Å²) in [6, 6.07) is 3.23. The van der Waals surface area contributed by atoms with E-state index in [1.165, 1.54) is 18.3 Å². The first-order valence-electron chi connectivity index (χ1n) is 6.29. The van der Waals surface area contributed by atoms with E-state index in [-0.39, 0.29) is 10.9 Å². The van der Waals surface area contributed by atoms with Gasteiger partial charge in [0.05, 0.1) is 0 Å². The van der Waals surface area contributed by atoms with Crippen molar-refractivity contribution in [3.8, 4) is 0 Å². The number of hydrogen-bond donors (Lipinski definition) is 1. The molecule has 1 aliphatic carbocycles. The topological polar surface area (TPSA) is 76.3 Å². The van der Waals surface area contributed by atoms with E-state index in [4.69, 9.17) is 5.73 Å². The Morgan fingerprint density at radius 1 is 1.44 bits per heavy atom. The van der Waals surface area contributed by atoms with Gasteiger partial charge >= 0.3 is 0 Å². The lowest BCUT2D eigenvalue weighted by Gasteiger charge is -2.21. The number of sulfonamides is 1. The molecule has 1 aromatic heterocycles. The molecular formula is C12H19N3O2S. The molecule has 1 fully saturated rings. The molecule has 100 valence electrons. The molecule has 0 aliphatic heterocycles. The van der Waals surface area contributed by atoms with Crippen molar-refractivity contribution in [1.29, 1.82) is 0 Å². The van der Waals surface area contributed by atoms with Crippen LogP contribution >= 0.6 is 0 Å². The van der Waals surface area contributed by atoms with Gasteiger partial charge in [-0.1, -0.05) is 13.3 Å². The molecule has 2 rings (SSSR count). The molecular weight excluding hydrogens is 250 g/mol. The molecule has 5 nitrogen and oxygen atoms in total. The van der Waals surface area contributed by atoms with Crippen LogP contribution in [0, 0.1) is 0 Å². The van der Waals surface area contributed by atoms with Gasteiger partial charge in [0, 0.05) is 18.8 Å². The Hall–Kier alpha value is -1.14. The third-order valence-corrected chi connectivity index (χ3v) is 4.99. The number of aromatic nitrogens is 1. The third-order valence-electron chi connectivity index (χ3n) is 3.05. The Labute approximate surface area is 108 Å². The van der Waals surface area contributed by atoms with E-state index in [1.807, 2.05) is 0 Å². The summed E-state index contributed by atoms with van der Waals surface area (Å²) in [6.07, 6.45) is 5.14. The summed E-state index contributed by atoms with van der Waals surface area (Å²) in [5, 5.41) is 0. The van der Waals surface area contributed by atoms with Crippen LogP contribution in [0.5, 0.6) is 0 Å². The second-order valence-corrected chi connectivity index (χ2v) is 6.51. The fourth-order valence-electron chi connectivity index (χ4n) is 1.86. The van der Waals surface area contributed by atoms with Crippen LogP contribution in [-0.2, 0) is 10.0 Å². The normalized spacial score (nSPS) is 16.1. The maximum Gasteiger partial charge on any atom is 0.244 e. The van der Waals surface area contributed by atoms with E-state index < -0.39 is 10.0 Å². The zero-order chi connectivity index (χ0) is 13.2. The Bertz CT molecular complexity index is 495. The highest BCUT2D eigenvalue weighted by Crippen LogP contribution is 2.32. The summed E-state index contributed by atoms with van der Waals surface area (Å²) in [5.41, 5.74) is 5.48. The fraction of sp³-hybridized carbons (Fsp3) is 0.583. The van der Waals surface area contributed by atoms with E-state index in [9.17, 15) is 8.42 Å². The summed E-state index contributed by atoms with van der Waals surface area (Å²) in [4.78, 5) is 4.10. The van der Waals surface area contributed by atoms with Crippen molar-refractivity contribution in [2.45, 2.75) is 43.5 Å². The van der Waals surface area contributed by atoms with Crippen LogP contribution in [0.25, 0.3) is 0 Å². The van der Waals surface area contributed by atoms with Gasteiger partial charge in [-0.25, -0.2) is 13.4 Å². The summed E-state index contributed by atoms with van der Waals surface area (Å²) < 4.78 is 26.6. The molecule has 1 aromatic rings. The van der Waals surface area contributed by atoms with Crippen LogP contribution in [0.3, 0.4) is 0 Å². The Morgan fingerprint density at radius 3 is 2.67 bits per heavy atom. The van der Waals surface area contributed by atoms with Crippen molar-refractivity contribution >= 4 is 15.8 Å². The molecule has 1 saturated carbocycles. The summed E-state index contributed by atoms with van der Waals surface area (Å²) >= 11 is 0. The average Bonchev–Trinajstić information content (AvgIpc) is 3.14. The van der Waals surface area contributed by atoms with Crippen molar-refractivity contribution in [2.75, 3.05) is 12.3 Å². The van der Waals surface area contributed by atoms with Gasteiger partial charge < -0.3 is 5.73 Å². The number of pyridine rings is 1. The predicted octanol–water partition coefficient (Wildman–Crippen LogP) is 1.62. The number of nitrogens with two attached hydrogens (primary N) is 1. The number of nitrogens with zero attached hydrogens (tertiary/aromatic N) is 2. The van der Waals surface area contributed by atoms with Gasteiger partial charge in [0.25, 0.3) is 0 Å². The first-order valence-corrected chi connectivity index (χ1v) is 7.73. The van der Waals surface area contributed by atoms with Crippen molar-refractivity contribution in [3.05, 3.63) is 18.3 Å². The minimum absolute atomic E-state index is 0.180. The molecule has 2 N–H and O–H groups in total. The van der Waals surface area contributed by atoms with Crippen molar-refractivity contribution in [1.82, 2.24) is 9.29 Å². The highest BCUT2D eigenvalue weighted by Gasteiger charge is 2.37. The van der Waals surface area contributed by atoms with E-state index in [0.717, 1.165) is 25.7 Å². The van der Waals surface area contributed by atoms with Gasteiger partial charge in [0.15, 0.2) is 0 Å². The van der Waals surface area contributed by atoms with Gasteiger partial charge in [0.1, 0.15) is 10.7 Å². The van der Waals surface area contributed by atoms with Crippen LogP contribution in [-0.4, -0.2) is 30.3 Å². The quantitative estimate of drug-likeness (QED) is 0.851. The summed E-state index contributed by atoms with van der Waals surface area (Å²) in [5.74, 6) is 0.334. The van der Waals surface area contributed by atoms with Gasteiger partial charge in [0.2, 0.25) is 10.0 Å². The maximum absolute atomic E-state index is 12.5. The Kier molecular flexibility index (Phi) is 3.87. The van der Waals surface area contributed by atoms with Crippen LogP contribution < -0.4 is 5.73 Å². The van der Waals surface area contributed by atoms with Gasteiger partial charge in [-0.3, -0.25) is 0 Å². The molecule has 0 atom stereocenters. The van der Waals surface area contributed by atoms with E-state index in [0.29, 0.717) is 12.4 Å².